The van der Waals surface area contributed by atoms with E-state index < -0.39 is 24.3 Å². The molecular formula is C39H38Cl2N4O6. The molecule has 5 aromatic rings. The van der Waals surface area contributed by atoms with Crippen molar-refractivity contribution in [2.75, 3.05) is 7.11 Å². The van der Waals surface area contributed by atoms with E-state index in [4.69, 9.17) is 37.4 Å². The lowest BCUT2D eigenvalue weighted by Crippen LogP contribution is -2.47. The van der Waals surface area contributed by atoms with Crippen LogP contribution in [0.4, 0.5) is 4.79 Å². The van der Waals surface area contributed by atoms with E-state index in [-0.39, 0.29) is 30.5 Å². The second-order valence-corrected chi connectivity index (χ2v) is 13.0. The molecule has 1 fully saturated rings. The Morgan fingerprint density at radius 1 is 0.902 bits per heavy atom. The zero-order valence-corrected chi connectivity index (χ0v) is 29.4. The first kappa shape index (κ1) is 36.1. The number of hydrogen-bond donors (Lipinski definition) is 3. The minimum Gasteiger partial charge on any atom is -0.467 e. The minimum absolute atomic E-state index is 0.0398. The number of benzene rings is 4. The molecule has 1 aliphatic heterocycles. The highest BCUT2D eigenvalue weighted by molar-refractivity contribution is 6.40. The summed E-state index contributed by atoms with van der Waals surface area (Å²) in [5, 5.41) is 15.7. The second-order valence-electron chi connectivity index (χ2n) is 12.2. The maximum absolute atomic E-state index is 12.8. The number of halogens is 2. The highest BCUT2D eigenvalue weighted by Gasteiger charge is 2.33. The summed E-state index contributed by atoms with van der Waals surface area (Å²) in [6, 6.07) is 31.6. The monoisotopic (exact) mass is 728 g/mol. The first-order valence-electron chi connectivity index (χ1n) is 16.5. The molecule has 4 atom stereocenters. The first-order chi connectivity index (χ1) is 24.8. The summed E-state index contributed by atoms with van der Waals surface area (Å²) in [6.45, 7) is 0.632. The predicted octanol–water partition coefficient (Wildman–Crippen LogP) is 7.18. The van der Waals surface area contributed by atoms with Crippen LogP contribution >= 0.6 is 23.2 Å². The van der Waals surface area contributed by atoms with Crippen LogP contribution in [0.5, 0.6) is 0 Å². The molecule has 0 bridgehead atoms. The molecule has 1 aromatic heterocycles. The molecule has 6 rings (SSSR count). The number of nitrogens with zero attached hydrogens (tertiary/aromatic N) is 2. The van der Waals surface area contributed by atoms with Crippen molar-refractivity contribution in [3.8, 4) is 11.1 Å². The van der Waals surface area contributed by atoms with E-state index >= 15 is 0 Å². The maximum atomic E-state index is 12.8. The molecule has 4 unspecified atom stereocenters. The standard InChI is InChI=1S/C39H38Cl2N4O6/c1-49-37(47)33(18-25-7-3-2-4-8-25)44-39(48)42-21-27-9-5-10-29(17-27)30-11-6-12-31(19-30)38-50-32(22-45-24-43-35(40)36(45)41)20-34(51-38)28-15-13-26(23-46)14-16-28/h2-17,19,24,32-34,38,46H,18,20-23H2,1H3,(H2,42,44,48). The number of ether oxygens (including phenoxy) is 3. The fraction of sp³-hybridized carbons (Fsp3) is 0.256. The number of aromatic nitrogens is 2. The Hall–Kier alpha value is -4.71. The van der Waals surface area contributed by atoms with Crippen molar-refractivity contribution < 1.29 is 28.9 Å². The van der Waals surface area contributed by atoms with Crippen molar-refractivity contribution in [1.29, 1.82) is 0 Å². The van der Waals surface area contributed by atoms with E-state index in [9.17, 15) is 14.7 Å². The van der Waals surface area contributed by atoms with Gasteiger partial charge in [-0.1, -0.05) is 114 Å². The normalized spacial score (nSPS) is 17.8. The molecule has 264 valence electrons. The van der Waals surface area contributed by atoms with Gasteiger partial charge in [-0.3, -0.25) is 0 Å². The maximum Gasteiger partial charge on any atom is 0.328 e. The zero-order chi connectivity index (χ0) is 35.7. The summed E-state index contributed by atoms with van der Waals surface area (Å²) in [5.41, 5.74) is 6.28. The molecule has 4 aromatic carbocycles. The number of esters is 1. The number of carbonyl (C=O) groups excluding carboxylic acids is 2. The van der Waals surface area contributed by atoms with Crippen LogP contribution in [-0.2, 0) is 45.1 Å². The number of imidazole rings is 1. The number of amides is 2. The van der Waals surface area contributed by atoms with Gasteiger partial charge < -0.3 is 34.5 Å². The van der Waals surface area contributed by atoms with Gasteiger partial charge in [0.25, 0.3) is 0 Å². The summed E-state index contributed by atoms with van der Waals surface area (Å²) in [5.74, 6) is -0.519. The number of rotatable bonds is 12. The van der Waals surface area contributed by atoms with Crippen molar-refractivity contribution in [1.82, 2.24) is 20.2 Å². The van der Waals surface area contributed by atoms with Gasteiger partial charge in [0.05, 0.1) is 38.8 Å². The number of nitrogens with one attached hydrogen (secondary N) is 2. The van der Waals surface area contributed by atoms with Gasteiger partial charge in [0.2, 0.25) is 0 Å². The van der Waals surface area contributed by atoms with Crippen LogP contribution in [0.15, 0.2) is 109 Å². The molecule has 1 saturated heterocycles. The first-order valence-corrected chi connectivity index (χ1v) is 17.3. The summed E-state index contributed by atoms with van der Waals surface area (Å²) < 4.78 is 19.7. The Kier molecular flexibility index (Phi) is 12.0. The number of methoxy groups -OCH3 is 1. The molecule has 51 heavy (non-hydrogen) atoms. The molecular weight excluding hydrogens is 691 g/mol. The molecule has 0 saturated carbocycles. The topological polar surface area (TPSA) is 124 Å². The average Bonchev–Trinajstić information content (AvgIpc) is 3.49. The van der Waals surface area contributed by atoms with Crippen molar-refractivity contribution in [2.45, 2.75) is 57.1 Å². The van der Waals surface area contributed by atoms with Gasteiger partial charge in [0.15, 0.2) is 11.4 Å². The molecule has 1 aliphatic rings. The fourth-order valence-electron chi connectivity index (χ4n) is 6.03. The van der Waals surface area contributed by atoms with Gasteiger partial charge in [-0.25, -0.2) is 14.6 Å². The molecule has 0 aliphatic carbocycles. The molecule has 0 radical (unpaired) electrons. The quantitative estimate of drug-likeness (QED) is 0.116. The van der Waals surface area contributed by atoms with E-state index in [1.165, 1.54) is 7.11 Å². The third-order valence-electron chi connectivity index (χ3n) is 8.69. The Balaban J connectivity index is 1.16. The summed E-state index contributed by atoms with van der Waals surface area (Å²) >= 11 is 12.5. The Morgan fingerprint density at radius 3 is 2.33 bits per heavy atom. The number of urea groups is 1. The molecule has 2 heterocycles. The van der Waals surface area contributed by atoms with Crippen molar-refractivity contribution in [2.24, 2.45) is 0 Å². The second kappa shape index (κ2) is 17.0. The SMILES string of the molecule is COC(=O)C(Cc1ccccc1)NC(=O)NCc1cccc(-c2cccc(C3OC(Cn4cnc(Cl)c4Cl)CC(c4ccc(CO)cc4)O3)c2)c1. The summed E-state index contributed by atoms with van der Waals surface area (Å²) in [4.78, 5) is 29.3. The lowest BCUT2D eigenvalue weighted by atomic mass is 9.98. The minimum atomic E-state index is -0.829. The molecule has 3 N–H and O–H groups in total. The molecule has 12 heteroatoms. The van der Waals surface area contributed by atoms with Crippen LogP contribution in [0, 0.1) is 0 Å². The van der Waals surface area contributed by atoms with Crippen molar-refractivity contribution in [3.63, 3.8) is 0 Å². The van der Waals surface area contributed by atoms with E-state index in [0.717, 1.165) is 38.9 Å². The highest BCUT2D eigenvalue weighted by atomic mass is 35.5. The van der Waals surface area contributed by atoms with Crippen LogP contribution in [0.3, 0.4) is 0 Å². The van der Waals surface area contributed by atoms with Gasteiger partial charge in [0.1, 0.15) is 11.2 Å². The third kappa shape index (κ3) is 9.35. The smallest absolute Gasteiger partial charge is 0.328 e. The van der Waals surface area contributed by atoms with Gasteiger partial charge in [-0.05, 0) is 45.5 Å². The average molecular weight is 730 g/mol. The summed E-state index contributed by atoms with van der Waals surface area (Å²) in [7, 11) is 1.30. The van der Waals surface area contributed by atoms with Crippen molar-refractivity contribution >= 4 is 35.2 Å². The zero-order valence-electron chi connectivity index (χ0n) is 27.9. The van der Waals surface area contributed by atoms with Crippen LogP contribution in [0.1, 0.15) is 46.6 Å². The van der Waals surface area contributed by atoms with Crippen LogP contribution < -0.4 is 10.6 Å². The van der Waals surface area contributed by atoms with Crippen LogP contribution in [0.25, 0.3) is 11.1 Å². The Morgan fingerprint density at radius 2 is 1.63 bits per heavy atom. The largest absolute Gasteiger partial charge is 0.467 e. The van der Waals surface area contributed by atoms with E-state index in [1.54, 1.807) is 10.9 Å². The van der Waals surface area contributed by atoms with Crippen LogP contribution in [0.2, 0.25) is 10.3 Å². The molecule has 0 spiro atoms. The van der Waals surface area contributed by atoms with Gasteiger partial charge in [-0.15, -0.1) is 0 Å². The highest BCUT2D eigenvalue weighted by Crippen LogP contribution is 2.39. The lowest BCUT2D eigenvalue weighted by Gasteiger charge is -2.36. The van der Waals surface area contributed by atoms with Gasteiger partial charge >= 0.3 is 12.0 Å². The van der Waals surface area contributed by atoms with E-state index in [2.05, 4.69) is 15.6 Å². The summed E-state index contributed by atoms with van der Waals surface area (Å²) in [6.07, 6.45) is 1.23. The van der Waals surface area contributed by atoms with E-state index in [0.29, 0.717) is 24.5 Å². The van der Waals surface area contributed by atoms with Gasteiger partial charge in [0, 0.05) is 24.9 Å². The van der Waals surface area contributed by atoms with Crippen LogP contribution in [-0.4, -0.2) is 45.9 Å². The number of hydrogen-bond acceptors (Lipinski definition) is 7. The number of carbonyl (C=O) groups is 2. The Labute approximate surface area is 306 Å². The predicted molar refractivity (Wildman–Crippen MR) is 194 cm³/mol. The third-order valence-corrected chi connectivity index (χ3v) is 9.46. The molecule has 10 nitrogen and oxygen atoms in total. The van der Waals surface area contributed by atoms with Gasteiger partial charge in [-0.2, -0.15) is 0 Å². The number of aliphatic hydroxyl groups excluding tert-OH is 1. The molecule has 2 amide bonds. The fourth-order valence-corrected chi connectivity index (χ4v) is 6.34. The Bertz CT molecular complexity index is 1940. The lowest BCUT2D eigenvalue weighted by molar-refractivity contribution is -0.252. The van der Waals surface area contributed by atoms with E-state index in [1.807, 2.05) is 103 Å². The van der Waals surface area contributed by atoms with Crippen molar-refractivity contribution in [3.05, 3.63) is 148 Å². The number of aliphatic hydroxyl groups is 1.